The van der Waals surface area contributed by atoms with Crippen LogP contribution in [0.3, 0.4) is 0 Å². The second-order valence-electron chi connectivity index (χ2n) is 9.43. The number of carbonyl (C=O) groups is 2. The molecule has 0 amide bonds. The molecule has 1 aliphatic carbocycles. The molecule has 0 saturated heterocycles. The topological polar surface area (TPSA) is 94.8 Å². The normalized spacial score (nSPS) is 21.2. The molecular weight excluding hydrogens is 424 g/mol. The highest BCUT2D eigenvalue weighted by Crippen LogP contribution is 2.40. The summed E-state index contributed by atoms with van der Waals surface area (Å²) in [5, 5.41) is 27.8. The molecule has 0 aromatic rings. The first kappa shape index (κ1) is 29.0. The Bertz CT molecular complexity index is 526. The van der Waals surface area contributed by atoms with Crippen LogP contribution >= 0.6 is 11.8 Å². The van der Waals surface area contributed by atoms with Crippen molar-refractivity contribution in [3.05, 3.63) is 12.2 Å². The Labute approximate surface area is 199 Å². The lowest BCUT2D eigenvalue weighted by atomic mass is 9.71. The Morgan fingerprint density at radius 1 is 0.781 bits per heavy atom. The van der Waals surface area contributed by atoms with Crippen LogP contribution in [0.25, 0.3) is 0 Å². The average molecular weight is 471 g/mol. The Morgan fingerprint density at radius 2 is 1.31 bits per heavy atom. The zero-order valence-corrected chi connectivity index (χ0v) is 20.8. The Balaban J connectivity index is 1.86. The van der Waals surface area contributed by atoms with E-state index in [9.17, 15) is 19.8 Å². The number of aliphatic hydroxyl groups excluding tert-OH is 1. The van der Waals surface area contributed by atoms with E-state index in [0.717, 1.165) is 17.9 Å². The summed E-state index contributed by atoms with van der Waals surface area (Å²) in [6, 6.07) is 0. The van der Waals surface area contributed by atoms with Crippen LogP contribution in [-0.2, 0) is 9.59 Å². The minimum absolute atomic E-state index is 0.279. The zero-order chi connectivity index (χ0) is 23.5. The van der Waals surface area contributed by atoms with Crippen LogP contribution in [0.5, 0.6) is 0 Å². The molecule has 0 aromatic heterocycles. The largest absolute Gasteiger partial charge is 0.481 e. The van der Waals surface area contributed by atoms with Gasteiger partial charge in [-0.05, 0) is 57.1 Å². The summed E-state index contributed by atoms with van der Waals surface area (Å²) < 4.78 is 0. The molecule has 0 spiro atoms. The highest BCUT2D eigenvalue weighted by atomic mass is 32.2. The van der Waals surface area contributed by atoms with Gasteiger partial charge in [-0.1, -0.05) is 69.9 Å². The monoisotopic (exact) mass is 470 g/mol. The molecule has 0 aromatic carbocycles. The van der Waals surface area contributed by atoms with Crippen molar-refractivity contribution in [1.82, 2.24) is 0 Å². The van der Waals surface area contributed by atoms with Gasteiger partial charge in [0.2, 0.25) is 0 Å². The van der Waals surface area contributed by atoms with Gasteiger partial charge < -0.3 is 15.3 Å². The smallest absolute Gasteiger partial charge is 0.309 e. The first-order valence-corrected chi connectivity index (χ1v) is 14.0. The zero-order valence-electron chi connectivity index (χ0n) is 19.9. The van der Waals surface area contributed by atoms with E-state index in [1.54, 1.807) is 11.8 Å². The molecule has 6 heteroatoms. The Hall–Kier alpha value is -1.01. The molecule has 32 heavy (non-hydrogen) atoms. The van der Waals surface area contributed by atoms with Crippen molar-refractivity contribution in [3.63, 3.8) is 0 Å². The molecule has 1 aliphatic rings. The second-order valence-corrected chi connectivity index (χ2v) is 10.7. The summed E-state index contributed by atoms with van der Waals surface area (Å²) in [6.45, 7) is 0. The van der Waals surface area contributed by atoms with Crippen LogP contribution in [0.15, 0.2) is 12.2 Å². The fraction of sp³-hybridized carbons (Fsp3) is 0.846. The van der Waals surface area contributed by atoms with Crippen molar-refractivity contribution >= 4 is 23.7 Å². The maximum Gasteiger partial charge on any atom is 0.309 e. The third-order valence-corrected chi connectivity index (χ3v) is 7.73. The quantitative estimate of drug-likeness (QED) is 0.133. The number of hydrogen-bond acceptors (Lipinski definition) is 4. The third-order valence-electron chi connectivity index (χ3n) is 6.66. The van der Waals surface area contributed by atoms with E-state index in [1.165, 1.54) is 70.6 Å². The van der Waals surface area contributed by atoms with Gasteiger partial charge in [-0.2, -0.15) is 11.8 Å². The lowest BCUT2D eigenvalue weighted by Crippen LogP contribution is -2.36. The summed E-state index contributed by atoms with van der Waals surface area (Å²) in [7, 11) is 0. The number of carboxylic acids is 2. The molecule has 1 rings (SSSR count). The van der Waals surface area contributed by atoms with E-state index in [4.69, 9.17) is 5.11 Å². The van der Waals surface area contributed by atoms with E-state index in [2.05, 4.69) is 12.2 Å². The fourth-order valence-electron chi connectivity index (χ4n) is 4.41. The molecular formula is C26H46O5S. The predicted octanol–water partition coefficient (Wildman–Crippen LogP) is 6.83. The summed E-state index contributed by atoms with van der Waals surface area (Å²) in [4.78, 5) is 22.1. The maximum absolute atomic E-state index is 11.7. The van der Waals surface area contributed by atoms with Gasteiger partial charge in [-0.25, -0.2) is 0 Å². The van der Waals surface area contributed by atoms with Crippen molar-refractivity contribution in [2.75, 3.05) is 11.5 Å². The third kappa shape index (κ3) is 14.2. The van der Waals surface area contributed by atoms with Crippen molar-refractivity contribution < 1.29 is 24.9 Å². The minimum atomic E-state index is -0.707. The van der Waals surface area contributed by atoms with E-state index in [0.29, 0.717) is 32.1 Å². The van der Waals surface area contributed by atoms with E-state index in [-0.39, 0.29) is 12.5 Å². The van der Waals surface area contributed by atoms with Crippen molar-refractivity contribution in [2.24, 2.45) is 5.41 Å². The number of rotatable bonds is 20. The molecule has 0 bridgehead atoms. The van der Waals surface area contributed by atoms with Crippen LogP contribution in [0.1, 0.15) is 116 Å². The van der Waals surface area contributed by atoms with Crippen molar-refractivity contribution in [2.45, 2.75) is 122 Å². The fourth-order valence-corrected chi connectivity index (χ4v) is 5.34. The molecule has 0 atom stereocenters. The first-order chi connectivity index (χ1) is 15.5. The van der Waals surface area contributed by atoms with Gasteiger partial charge >= 0.3 is 11.9 Å². The van der Waals surface area contributed by atoms with Gasteiger partial charge in [-0.3, -0.25) is 9.59 Å². The van der Waals surface area contributed by atoms with E-state index < -0.39 is 17.4 Å². The molecule has 0 heterocycles. The summed E-state index contributed by atoms with van der Waals surface area (Å²) in [5.74, 6) is 0.425. The van der Waals surface area contributed by atoms with Crippen LogP contribution in [-0.4, -0.2) is 44.9 Å². The Morgan fingerprint density at radius 3 is 1.84 bits per heavy atom. The highest BCUT2D eigenvalue weighted by molar-refractivity contribution is 7.99. The average Bonchev–Trinajstić information content (AvgIpc) is 2.76. The Kier molecular flexibility index (Phi) is 16.7. The number of allylic oxidation sites excluding steroid dienone is 2. The van der Waals surface area contributed by atoms with Crippen LogP contribution < -0.4 is 0 Å². The number of hydrogen-bond donors (Lipinski definition) is 3. The van der Waals surface area contributed by atoms with Gasteiger partial charge in [-0.15, -0.1) is 0 Å². The summed E-state index contributed by atoms with van der Waals surface area (Å²) >= 11 is 1.76. The molecule has 3 N–H and O–H groups in total. The number of carboxylic acid groups (broad SMARTS) is 2. The maximum atomic E-state index is 11.7. The molecule has 186 valence electrons. The molecule has 0 aliphatic heterocycles. The summed E-state index contributed by atoms with van der Waals surface area (Å²) in [6.07, 6.45) is 22.3. The van der Waals surface area contributed by atoms with Crippen molar-refractivity contribution in [3.8, 4) is 0 Å². The SMILES string of the molecule is O=C(O)CCSCCCCCCCCCCCCCC=CCC1(C(=O)O)CCC(O)CC1. The molecule has 0 radical (unpaired) electrons. The second kappa shape index (κ2) is 18.4. The van der Waals surface area contributed by atoms with Gasteiger partial charge in [0.05, 0.1) is 17.9 Å². The number of thioether (sulfide) groups is 1. The van der Waals surface area contributed by atoms with Crippen LogP contribution in [0.4, 0.5) is 0 Å². The van der Waals surface area contributed by atoms with Gasteiger partial charge in [0.25, 0.3) is 0 Å². The number of aliphatic hydroxyl groups is 1. The van der Waals surface area contributed by atoms with Gasteiger partial charge in [0, 0.05) is 5.75 Å². The standard InChI is InChI=1S/C26H46O5S/c27-23-15-19-26(20-16-23,25(30)31)18-13-11-9-7-5-3-1-2-4-6-8-10-12-14-21-32-22-17-24(28)29/h11,13,23,27H,1-10,12,14-22H2,(H,28,29)(H,30,31). The predicted molar refractivity (Wildman–Crippen MR) is 133 cm³/mol. The van der Waals surface area contributed by atoms with Crippen LogP contribution in [0, 0.1) is 5.41 Å². The van der Waals surface area contributed by atoms with Crippen molar-refractivity contribution in [1.29, 1.82) is 0 Å². The van der Waals surface area contributed by atoms with Crippen LogP contribution in [0.2, 0.25) is 0 Å². The molecule has 0 unspecified atom stereocenters. The summed E-state index contributed by atoms with van der Waals surface area (Å²) in [5.41, 5.74) is -0.656. The lowest BCUT2D eigenvalue weighted by Gasteiger charge is -2.34. The van der Waals surface area contributed by atoms with E-state index in [1.807, 2.05) is 0 Å². The van der Waals surface area contributed by atoms with Gasteiger partial charge in [0.15, 0.2) is 0 Å². The first-order valence-electron chi connectivity index (χ1n) is 12.8. The number of unbranched alkanes of at least 4 members (excludes halogenated alkanes) is 11. The number of aliphatic carboxylic acids is 2. The minimum Gasteiger partial charge on any atom is -0.481 e. The molecule has 1 saturated carbocycles. The highest BCUT2D eigenvalue weighted by Gasteiger charge is 2.40. The lowest BCUT2D eigenvalue weighted by molar-refractivity contribution is -0.152. The molecule has 1 fully saturated rings. The van der Waals surface area contributed by atoms with Gasteiger partial charge in [0.1, 0.15) is 0 Å². The van der Waals surface area contributed by atoms with E-state index >= 15 is 0 Å². The molecule has 5 nitrogen and oxygen atoms in total.